The van der Waals surface area contributed by atoms with Gasteiger partial charge in [0.2, 0.25) is 4.87 Å². The molecule has 4 heteroatoms. The Balaban J connectivity index is 2.29. The van der Waals surface area contributed by atoms with Crippen molar-refractivity contribution in [3.63, 3.8) is 0 Å². The van der Waals surface area contributed by atoms with E-state index >= 15 is 0 Å². The minimum Gasteiger partial charge on any atom is -0.467 e. The maximum atomic E-state index is 11.5. The Morgan fingerprint density at radius 1 is 1.77 bits per heavy atom. The van der Waals surface area contributed by atoms with E-state index in [2.05, 4.69) is 4.74 Å². The van der Waals surface area contributed by atoms with Crippen LogP contribution in [0.5, 0.6) is 0 Å². The molecule has 1 saturated carbocycles. The Morgan fingerprint density at radius 3 is 3.08 bits per heavy atom. The van der Waals surface area contributed by atoms with E-state index in [1.54, 1.807) is 0 Å². The molecule has 0 radical (unpaired) electrons. The molecule has 2 rings (SSSR count). The van der Waals surface area contributed by atoms with Crippen molar-refractivity contribution in [2.45, 2.75) is 11.3 Å². The van der Waals surface area contributed by atoms with Crippen LogP contribution in [0.25, 0.3) is 0 Å². The van der Waals surface area contributed by atoms with Gasteiger partial charge in [0.1, 0.15) is 0 Å². The van der Waals surface area contributed by atoms with Gasteiger partial charge in [-0.05, 0) is 6.42 Å². The number of ether oxygens (including phenoxy) is 1. The number of methoxy groups -OCH3 is 1. The second-order valence-corrected chi connectivity index (χ2v) is 3.96. The number of allylic oxidation sites excluding steroid dienone is 2. The molecule has 0 saturated heterocycles. The number of fused-ring (bicyclic) bond motifs is 1. The summed E-state index contributed by atoms with van der Waals surface area (Å²) in [5, 5.41) is 0. The Labute approximate surface area is 80.7 Å². The second kappa shape index (κ2) is 2.58. The van der Waals surface area contributed by atoms with E-state index in [1.165, 1.54) is 7.11 Å². The molecule has 3 nitrogen and oxygen atoms in total. The Morgan fingerprint density at radius 2 is 2.46 bits per heavy atom. The zero-order valence-corrected chi connectivity index (χ0v) is 7.88. The number of carbonyl (C=O) groups excluding carboxylic acids is 2. The average Bonchev–Trinajstić information content (AvgIpc) is 2.60. The van der Waals surface area contributed by atoms with Crippen LogP contribution in [0, 0.1) is 11.8 Å². The smallest absolute Gasteiger partial charge is 0.335 e. The molecule has 3 atom stereocenters. The maximum absolute atomic E-state index is 11.5. The molecule has 1 fully saturated rings. The van der Waals surface area contributed by atoms with E-state index in [9.17, 15) is 9.59 Å². The van der Waals surface area contributed by atoms with Crippen molar-refractivity contribution < 1.29 is 14.3 Å². The van der Waals surface area contributed by atoms with Crippen molar-refractivity contribution in [3.05, 3.63) is 12.2 Å². The van der Waals surface area contributed by atoms with Crippen LogP contribution in [0.4, 0.5) is 0 Å². The number of ketones is 1. The van der Waals surface area contributed by atoms with Crippen LogP contribution in [0.2, 0.25) is 0 Å². The van der Waals surface area contributed by atoms with Gasteiger partial charge in [-0.25, -0.2) is 4.79 Å². The molecule has 70 valence electrons. The van der Waals surface area contributed by atoms with Crippen LogP contribution in [-0.2, 0) is 14.3 Å². The van der Waals surface area contributed by atoms with Gasteiger partial charge in [-0.2, -0.15) is 0 Å². The summed E-state index contributed by atoms with van der Waals surface area (Å²) in [4.78, 5) is 21.3. The van der Waals surface area contributed by atoms with E-state index in [0.717, 1.165) is 0 Å². The number of alkyl halides is 1. The highest BCUT2D eigenvalue weighted by atomic mass is 35.5. The number of hydrogen-bond donors (Lipinski definition) is 0. The van der Waals surface area contributed by atoms with Crippen molar-refractivity contribution >= 4 is 23.4 Å². The Kier molecular flexibility index (Phi) is 1.74. The molecule has 0 amide bonds. The second-order valence-electron chi connectivity index (χ2n) is 3.36. The van der Waals surface area contributed by atoms with Gasteiger partial charge in [0.15, 0.2) is 5.78 Å². The third kappa shape index (κ3) is 0.854. The lowest BCUT2D eigenvalue weighted by atomic mass is 9.64. The summed E-state index contributed by atoms with van der Waals surface area (Å²) in [7, 11) is 1.24. The number of hydrogen-bond acceptors (Lipinski definition) is 3. The SMILES string of the molecule is COC(=O)[C@@]1(Cl)C(=O)[C@@H]2CC=C[C@@H]21. The predicted molar refractivity (Wildman–Crippen MR) is 46.3 cm³/mol. The van der Waals surface area contributed by atoms with E-state index in [4.69, 9.17) is 11.6 Å². The van der Waals surface area contributed by atoms with Crippen molar-refractivity contribution in [1.82, 2.24) is 0 Å². The van der Waals surface area contributed by atoms with Crippen LogP contribution in [0.15, 0.2) is 12.2 Å². The number of carbonyl (C=O) groups is 2. The van der Waals surface area contributed by atoms with E-state index < -0.39 is 10.8 Å². The number of Topliss-reactive ketones (excluding diaryl/α,β-unsaturated/α-hetero) is 1. The predicted octanol–water partition coefficient (Wildman–Crippen LogP) is 0.912. The van der Waals surface area contributed by atoms with Gasteiger partial charge in [0.25, 0.3) is 0 Å². The lowest BCUT2D eigenvalue weighted by Gasteiger charge is -2.42. The molecular weight excluding hydrogens is 192 g/mol. The first kappa shape index (κ1) is 8.75. The molecule has 2 aliphatic rings. The van der Waals surface area contributed by atoms with Crippen molar-refractivity contribution in [2.75, 3.05) is 7.11 Å². The van der Waals surface area contributed by atoms with Crippen LogP contribution >= 0.6 is 11.6 Å². The third-order valence-electron chi connectivity index (χ3n) is 2.80. The molecule has 0 unspecified atom stereocenters. The van der Waals surface area contributed by atoms with E-state index in [0.29, 0.717) is 6.42 Å². The lowest BCUT2D eigenvalue weighted by Crippen LogP contribution is -2.62. The summed E-state index contributed by atoms with van der Waals surface area (Å²) < 4.78 is 4.51. The molecule has 0 aromatic rings. The summed E-state index contributed by atoms with van der Waals surface area (Å²) in [6.45, 7) is 0. The maximum Gasteiger partial charge on any atom is 0.335 e. The molecular formula is C9H9ClO3. The zero-order valence-electron chi connectivity index (χ0n) is 7.12. The van der Waals surface area contributed by atoms with Crippen LogP contribution in [-0.4, -0.2) is 23.7 Å². The highest BCUT2D eigenvalue weighted by molar-refractivity contribution is 6.49. The monoisotopic (exact) mass is 200 g/mol. The fraction of sp³-hybridized carbons (Fsp3) is 0.556. The van der Waals surface area contributed by atoms with Gasteiger partial charge in [-0.3, -0.25) is 4.79 Å². The number of esters is 1. The van der Waals surface area contributed by atoms with Gasteiger partial charge in [0.05, 0.1) is 7.11 Å². The highest BCUT2D eigenvalue weighted by Gasteiger charge is 2.66. The largest absolute Gasteiger partial charge is 0.467 e. The summed E-state index contributed by atoms with van der Waals surface area (Å²) in [5.41, 5.74) is 0. The standard InChI is InChI=1S/C9H9ClO3/c1-13-8(12)9(10)6-4-2-3-5(6)7(9)11/h2,4-6H,3H2,1H3/t5-,6+,9+/m1/s1. The Hall–Kier alpha value is -0.830. The summed E-state index contributed by atoms with van der Waals surface area (Å²) >= 11 is 5.93. The van der Waals surface area contributed by atoms with Crippen LogP contribution < -0.4 is 0 Å². The van der Waals surface area contributed by atoms with Crippen molar-refractivity contribution in [2.24, 2.45) is 11.8 Å². The lowest BCUT2D eigenvalue weighted by molar-refractivity contribution is -0.157. The van der Waals surface area contributed by atoms with Crippen molar-refractivity contribution in [3.8, 4) is 0 Å². The first-order valence-corrected chi connectivity index (χ1v) is 4.48. The zero-order chi connectivity index (χ0) is 9.64. The van der Waals surface area contributed by atoms with Crippen LogP contribution in [0.3, 0.4) is 0 Å². The fourth-order valence-electron chi connectivity index (χ4n) is 2.06. The molecule has 0 N–H and O–H groups in total. The normalized spacial score (nSPS) is 41.2. The topological polar surface area (TPSA) is 43.4 Å². The van der Waals surface area contributed by atoms with Crippen molar-refractivity contribution in [1.29, 1.82) is 0 Å². The summed E-state index contributed by atoms with van der Waals surface area (Å²) in [6.07, 6.45) is 4.42. The summed E-state index contributed by atoms with van der Waals surface area (Å²) in [6, 6.07) is 0. The molecule has 0 aromatic carbocycles. The van der Waals surface area contributed by atoms with Gasteiger partial charge in [-0.15, -0.1) is 0 Å². The third-order valence-corrected chi connectivity index (χ3v) is 3.40. The minimum absolute atomic E-state index is 0.0865. The molecule has 13 heavy (non-hydrogen) atoms. The Bertz CT molecular complexity index is 310. The fourth-order valence-corrected chi connectivity index (χ4v) is 2.50. The number of rotatable bonds is 1. The average molecular weight is 201 g/mol. The van der Waals surface area contributed by atoms with Gasteiger partial charge in [-0.1, -0.05) is 23.8 Å². The summed E-state index contributed by atoms with van der Waals surface area (Å²) in [5.74, 6) is -1.08. The van der Waals surface area contributed by atoms with E-state index in [1.807, 2.05) is 12.2 Å². The molecule has 0 aromatic heterocycles. The minimum atomic E-state index is -1.42. The van der Waals surface area contributed by atoms with E-state index in [-0.39, 0.29) is 17.6 Å². The van der Waals surface area contributed by atoms with Crippen LogP contribution in [0.1, 0.15) is 6.42 Å². The highest BCUT2D eigenvalue weighted by Crippen LogP contribution is 2.51. The molecule has 0 heterocycles. The van der Waals surface area contributed by atoms with Gasteiger partial charge in [0, 0.05) is 11.8 Å². The van der Waals surface area contributed by atoms with Gasteiger partial charge < -0.3 is 4.74 Å². The first-order valence-electron chi connectivity index (χ1n) is 4.10. The van der Waals surface area contributed by atoms with Gasteiger partial charge >= 0.3 is 5.97 Å². The molecule has 0 aliphatic heterocycles. The molecule has 2 aliphatic carbocycles. The molecule has 0 bridgehead atoms. The molecule has 0 spiro atoms. The first-order chi connectivity index (χ1) is 6.12. The quantitative estimate of drug-likeness (QED) is 0.274. The number of halogens is 1.